The fourth-order valence-corrected chi connectivity index (χ4v) is 4.53. The predicted octanol–water partition coefficient (Wildman–Crippen LogP) is -0.168. The van der Waals surface area contributed by atoms with Crippen molar-refractivity contribution in [2.45, 2.75) is 6.42 Å². The summed E-state index contributed by atoms with van der Waals surface area (Å²) in [4.78, 5) is 29.1. The van der Waals surface area contributed by atoms with Crippen molar-refractivity contribution in [3.63, 3.8) is 0 Å². The molecule has 6 heteroatoms. The van der Waals surface area contributed by atoms with Gasteiger partial charge in [0.1, 0.15) is 0 Å². The summed E-state index contributed by atoms with van der Waals surface area (Å²) < 4.78 is 10.4. The Kier molecular flexibility index (Phi) is 3.61. The number of rotatable bonds is 4. The Morgan fingerprint density at radius 2 is 2.09 bits per heavy atom. The monoisotopic (exact) mass is 308 g/mol. The molecular weight excluding hydrogens is 284 g/mol. The van der Waals surface area contributed by atoms with E-state index < -0.39 is 0 Å². The van der Waals surface area contributed by atoms with E-state index in [1.54, 1.807) is 7.11 Å². The fraction of sp³-hybridized carbons (Fsp3) is 0.875. The molecule has 22 heavy (non-hydrogen) atoms. The molecule has 0 N–H and O–H groups in total. The average molecular weight is 308 g/mol. The molecule has 0 aromatic rings. The van der Waals surface area contributed by atoms with Gasteiger partial charge in [-0.15, -0.1) is 0 Å². The zero-order chi connectivity index (χ0) is 15.3. The molecule has 2 amide bonds. The molecule has 0 spiro atoms. The van der Waals surface area contributed by atoms with E-state index >= 15 is 0 Å². The SMILES string of the molecule is COCCN1CCC2CN(C(=O)C3[C@H]4COC[C@@H]34)CC2C1=O. The summed E-state index contributed by atoms with van der Waals surface area (Å²) in [5, 5.41) is 0. The van der Waals surface area contributed by atoms with Gasteiger partial charge in [0, 0.05) is 39.2 Å². The van der Waals surface area contributed by atoms with Crippen LogP contribution in [0.2, 0.25) is 0 Å². The van der Waals surface area contributed by atoms with Gasteiger partial charge < -0.3 is 19.3 Å². The number of likely N-dealkylation sites (tertiary alicyclic amines) is 2. The number of ether oxygens (including phenoxy) is 2. The molecule has 0 aromatic heterocycles. The third-order valence-electron chi connectivity index (χ3n) is 5.95. The minimum atomic E-state index is 0.00407. The fourth-order valence-electron chi connectivity index (χ4n) is 4.53. The number of fused-ring (bicyclic) bond motifs is 2. The van der Waals surface area contributed by atoms with Crippen molar-refractivity contribution in [2.75, 3.05) is 53.1 Å². The van der Waals surface area contributed by atoms with Crippen LogP contribution in [0.4, 0.5) is 0 Å². The molecular formula is C16H24N2O4. The summed E-state index contributed by atoms with van der Waals surface area (Å²) in [7, 11) is 1.66. The lowest BCUT2D eigenvalue weighted by Gasteiger charge is -2.33. The van der Waals surface area contributed by atoms with Crippen LogP contribution in [-0.4, -0.2) is 74.7 Å². The van der Waals surface area contributed by atoms with E-state index in [0.717, 1.165) is 32.7 Å². The standard InChI is InChI=1S/C16H24N2O4/c1-21-5-4-17-3-2-10-6-18(7-11(10)15(17)19)16(20)14-12-8-22-9-13(12)14/h10-14H,2-9H2,1H3/t10?,11?,12-,13+,14?. The maximum atomic E-state index is 12.7. The average Bonchev–Trinajstić information content (AvgIpc) is 2.92. The van der Waals surface area contributed by atoms with Crippen molar-refractivity contribution >= 4 is 11.8 Å². The molecule has 4 rings (SSSR count). The van der Waals surface area contributed by atoms with Crippen LogP contribution in [0, 0.1) is 29.6 Å². The van der Waals surface area contributed by atoms with Crippen LogP contribution in [0.15, 0.2) is 0 Å². The van der Waals surface area contributed by atoms with E-state index in [4.69, 9.17) is 9.47 Å². The van der Waals surface area contributed by atoms with Gasteiger partial charge in [0.25, 0.3) is 0 Å². The summed E-state index contributed by atoms with van der Waals surface area (Å²) in [6.45, 7) is 4.91. The number of amides is 2. The zero-order valence-corrected chi connectivity index (χ0v) is 13.1. The Hall–Kier alpha value is -1.14. The number of hydrogen-bond donors (Lipinski definition) is 0. The summed E-state index contributed by atoms with van der Waals surface area (Å²) in [6.07, 6.45) is 1.00. The van der Waals surface area contributed by atoms with Crippen molar-refractivity contribution in [3.8, 4) is 0 Å². The number of hydrogen-bond acceptors (Lipinski definition) is 4. The van der Waals surface area contributed by atoms with Crippen molar-refractivity contribution in [2.24, 2.45) is 29.6 Å². The van der Waals surface area contributed by atoms with Gasteiger partial charge in [-0.05, 0) is 24.2 Å². The normalized spacial score (nSPS) is 39.9. The molecule has 3 aliphatic heterocycles. The minimum absolute atomic E-state index is 0.00407. The highest BCUT2D eigenvalue weighted by molar-refractivity contribution is 5.86. The van der Waals surface area contributed by atoms with Crippen molar-refractivity contribution in [1.29, 1.82) is 0 Å². The van der Waals surface area contributed by atoms with Crippen LogP contribution in [0.25, 0.3) is 0 Å². The smallest absolute Gasteiger partial charge is 0.227 e. The molecule has 0 bridgehead atoms. The van der Waals surface area contributed by atoms with Gasteiger partial charge in [-0.2, -0.15) is 0 Å². The second kappa shape index (κ2) is 5.49. The first-order valence-electron chi connectivity index (χ1n) is 8.35. The lowest BCUT2D eigenvalue weighted by molar-refractivity contribution is -0.140. The van der Waals surface area contributed by atoms with Crippen LogP contribution in [-0.2, 0) is 19.1 Å². The Bertz CT molecular complexity index is 473. The Labute approximate surface area is 130 Å². The number of carbonyl (C=O) groups is 2. The molecule has 4 fully saturated rings. The lowest BCUT2D eigenvalue weighted by atomic mass is 9.88. The van der Waals surface area contributed by atoms with Crippen molar-refractivity contribution < 1.29 is 19.1 Å². The number of carbonyl (C=O) groups excluding carboxylic acids is 2. The van der Waals surface area contributed by atoms with Gasteiger partial charge in [-0.25, -0.2) is 0 Å². The van der Waals surface area contributed by atoms with E-state index in [9.17, 15) is 9.59 Å². The van der Waals surface area contributed by atoms with Crippen LogP contribution in [0.5, 0.6) is 0 Å². The van der Waals surface area contributed by atoms with E-state index in [1.807, 2.05) is 9.80 Å². The quantitative estimate of drug-likeness (QED) is 0.724. The van der Waals surface area contributed by atoms with E-state index in [0.29, 0.717) is 37.5 Å². The van der Waals surface area contributed by atoms with E-state index in [-0.39, 0.29) is 23.7 Å². The Morgan fingerprint density at radius 3 is 2.82 bits per heavy atom. The van der Waals surface area contributed by atoms with E-state index in [2.05, 4.69) is 0 Å². The number of nitrogens with zero attached hydrogens (tertiary/aromatic N) is 2. The highest BCUT2D eigenvalue weighted by Crippen LogP contribution is 2.52. The second-order valence-corrected chi connectivity index (χ2v) is 7.11. The van der Waals surface area contributed by atoms with Gasteiger partial charge in [0.15, 0.2) is 0 Å². The Morgan fingerprint density at radius 1 is 1.32 bits per heavy atom. The first-order chi connectivity index (χ1) is 10.7. The highest BCUT2D eigenvalue weighted by Gasteiger charge is 2.60. The van der Waals surface area contributed by atoms with Gasteiger partial charge in [-0.3, -0.25) is 9.59 Å². The largest absolute Gasteiger partial charge is 0.383 e. The molecule has 3 heterocycles. The van der Waals surface area contributed by atoms with Gasteiger partial charge in [-0.1, -0.05) is 0 Å². The summed E-state index contributed by atoms with van der Waals surface area (Å²) >= 11 is 0. The summed E-state index contributed by atoms with van der Waals surface area (Å²) in [5.41, 5.74) is 0. The second-order valence-electron chi connectivity index (χ2n) is 7.11. The third-order valence-corrected chi connectivity index (χ3v) is 5.95. The molecule has 1 aliphatic carbocycles. The molecule has 6 nitrogen and oxygen atoms in total. The topological polar surface area (TPSA) is 59.1 Å². The van der Waals surface area contributed by atoms with Crippen molar-refractivity contribution in [3.05, 3.63) is 0 Å². The van der Waals surface area contributed by atoms with Gasteiger partial charge >= 0.3 is 0 Å². The predicted molar refractivity (Wildman–Crippen MR) is 77.9 cm³/mol. The van der Waals surface area contributed by atoms with E-state index in [1.165, 1.54) is 0 Å². The molecule has 122 valence electrons. The van der Waals surface area contributed by atoms with Gasteiger partial charge in [0.05, 0.1) is 25.7 Å². The molecule has 1 saturated carbocycles. The minimum Gasteiger partial charge on any atom is -0.383 e. The number of piperidine rings is 1. The van der Waals surface area contributed by atoms with Crippen LogP contribution < -0.4 is 0 Å². The van der Waals surface area contributed by atoms with Crippen LogP contribution >= 0.6 is 0 Å². The number of methoxy groups -OCH3 is 1. The zero-order valence-electron chi connectivity index (χ0n) is 13.1. The summed E-state index contributed by atoms with van der Waals surface area (Å²) in [5.74, 6) is 1.91. The Balaban J connectivity index is 1.37. The van der Waals surface area contributed by atoms with Crippen molar-refractivity contribution in [1.82, 2.24) is 9.80 Å². The molecule has 3 unspecified atom stereocenters. The lowest BCUT2D eigenvalue weighted by Crippen LogP contribution is -2.46. The maximum Gasteiger partial charge on any atom is 0.227 e. The first kappa shape index (κ1) is 14.5. The van der Waals surface area contributed by atoms with Crippen LogP contribution in [0.3, 0.4) is 0 Å². The molecule has 0 radical (unpaired) electrons. The summed E-state index contributed by atoms with van der Waals surface area (Å²) in [6, 6.07) is 0. The maximum absolute atomic E-state index is 12.7. The third kappa shape index (κ3) is 2.24. The first-order valence-corrected chi connectivity index (χ1v) is 8.35. The molecule has 5 atom stereocenters. The van der Waals surface area contributed by atoms with Crippen LogP contribution in [0.1, 0.15) is 6.42 Å². The van der Waals surface area contributed by atoms with Gasteiger partial charge in [0.2, 0.25) is 11.8 Å². The molecule has 0 aromatic carbocycles. The molecule has 4 aliphatic rings. The molecule has 3 saturated heterocycles. The highest BCUT2D eigenvalue weighted by atomic mass is 16.5.